The molecule has 0 bridgehead atoms. The summed E-state index contributed by atoms with van der Waals surface area (Å²) < 4.78 is 87.4. The second-order valence-corrected chi connectivity index (χ2v) is 12.7. The van der Waals surface area contributed by atoms with Crippen LogP contribution in [0, 0.1) is 0 Å². The van der Waals surface area contributed by atoms with Crippen LogP contribution in [0.1, 0.15) is 55.7 Å². The molecular formula is C33H36F6N4O5. The number of carbonyl (C=O) groups excluding carboxylic acids is 3. The number of aromatic nitrogens is 1. The number of ether oxygens (including phenoxy) is 2. The van der Waals surface area contributed by atoms with Gasteiger partial charge in [0.1, 0.15) is 11.4 Å². The van der Waals surface area contributed by atoms with Gasteiger partial charge >= 0.3 is 24.6 Å². The number of halogens is 6. The third-order valence-corrected chi connectivity index (χ3v) is 7.62. The molecule has 2 heterocycles. The lowest BCUT2D eigenvalue weighted by Gasteiger charge is -2.35. The van der Waals surface area contributed by atoms with Gasteiger partial charge in [-0.1, -0.05) is 36.4 Å². The maximum absolute atomic E-state index is 13.4. The second-order valence-electron chi connectivity index (χ2n) is 12.7. The maximum atomic E-state index is 13.4. The van der Waals surface area contributed by atoms with E-state index >= 15 is 0 Å². The molecule has 1 atom stereocenters. The van der Waals surface area contributed by atoms with Crippen molar-refractivity contribution in [3.8, 4) is 28.0 Å². The summed E-state index contributed by atoms with van der Waals surface area (Å²) in [6.07, 6.45) is -9.44. The van der Waals surface area contributed by atoms with Crippen LogP contribution >= 0.6 is 0 Å². The van der Waals surface area contributed by atoms with E-state index in [4.69, 9.17) is 0 Å². The first-order chi connectivity index (χ1) is 22.2. The van der Waals surface area contributed by atoms with Crippen molar-refractivity contribution in [3.63, 3.8) is 0 Å². The van der Waals surface area contributed by atoms with Gasteiger partial charge in [0.05, 0.1) is 6.04 Å². The number of alkyl halides is 6. The summed E-state index contributed by atoms with van der Waals surface area (Å²) in [4.78, 5) is 40.3. The van der Waals surface area contributed by atoms with Gasteiger partial charge in [-0.3, -0.25) is 4.79 Å². The van der Waals surface area contributed by atoms with Crippen molar-refractivity contribution in [1.82, 2.24) is 19.7 Å². The molecule has 3 aromatic rings. The lowest BCUT2D eigenvalue weighted by molar-refractivity contribution is -0.274. The highest BCUT2D eigenvalue weighted by Gasteiger charge is 2.44. The fraction of sp³-hybridized carbons (Fsp3) is 0.424. The molecule has 15 heteroatoms. The van der Waals surface area contributed by atoms with Gasteiger partial charge in [-0.25, -0.2) is 9.59 Å². The van der Waals surface area contributed by atoms with E-state index in [9.17, 15) is 40.7 Å². The molecule has 0 aliphatic carbocycles. The highest BCUT2D eigenvalue weighted by molar-refractivity contribution is 6.05. The molecule has 0 radical (unpaired) electrons. The molecule has 1 aromatic heterocycles. The van der Waals surface area contributed by atoms with Crippen molar-refractivity contribution in [1.29, 1.82) is 0 Å². The number of nitrogens with zero attached hydrogens (tertiary/aromatic N) is 3. The van der Waals surface area contributed by atoms with Crippen LogP contribution in [0.25, 0.3) is 22.3 Å². The monoisotopic (exact) mass is 682 g/mol. The molecule has 260 valence electrons. The summed E-state index contributed by atoms with van der Waals surface area (Å²) in [6, 6.07) is 12.5. The molecule has 0 unspecified atom stereocenters. The Balaban J connectivity index is 1.70. The average Bonchev–Trinajstić information content (AvgIpc) is 3.36. The Kier molecular flexibility index (Phi) is 10.5. The van der Waals surface area contributed by atoms with Crippen LogP contribution in [0.15, 0.2) is 54.7 Å². The quantitative estimate of drug-likeness (QED) is 0.146. The van der Waals surface area contributed by atoms with E-state index in [1.165, 1.54) is 18.2 Å². The molecule has 1 aliphatic rings. The zero-order valence-electron chi connectivity index (χ0n) is 27.0. The third kappa shape index (κ3) is 8.88. The SMILES string of the molecule is CN(C)Cc1ccc(-c2c(-c3cccc(OC(F)(F)F)c3)cn3c2C(=O)NC[C@@H]3CCCN(C(=O)OC(=O)C(F)(F)F)C(C)(C)C)cc1. The molecule has 9 nitrogen and oxygen atoms in total. The number of rotatable bonds is 9. The van der Waals surface area contributed by atoms with Crippen LogP contribution < -0.4 is 10.1 Å². The lowest BCUT2D eigenvalue weighted by atomic mass is 9.95. The molecule has 1 N–H and O–H groups in total. The zero-order valence-corrected chi connectivity index (χ0v) is 27.0. The van der Waals surface area contributed by atoms with Crippen molar-refractivity contribution < 1.29 is 50.2 Å². The molecule has 0 fully saturated rings. The Morgan fingerprint density at radius 3 is 2.23 bits per heavy atom. The normalized spacial score (nSPS) is 15.2. The molecule has 2 aromatic carbocycles. The van der Waals surface area contributed by atoms with Crippen molar-refractivity contribution in [2.24, 2.45) is 0 Å². The largest absolute Gasteiger partial charge is 0.573 e. The number of amides is 2. The van der Waals surface area contributed by atoms with Crippen LogP contribution in [0.3, 0.4) is 0 Å². The molecule has 0 saturated carbocycles. The fourth-order valence-corrected chi connectivity index (χ4v) is 5.57. The van der Waals surface area contributed by atoms with Crippen LogP contribution in [0.5, 0.6) is 5.75 Å². The number of fused-ring (bicyclic) bond motifs is 1. The topological polar surface area (TPSA) is 93.1 Å². The number of nitrogens with one attached hydrogen (secondary N) is 1. The highest BCUT2D eigenvalue weighted by atomic mass is 19.4. The van der Waals surface area contributed by atoms with Crippen LogP contribution in [-0.2, 0) is 16.1 Å². The first-order valence-electron chi connectivity index (χ1n) is 15.0. The summed E-state index contributed by atoms with van der Waals surface area (Å²) in [6.45, 7) is 5.50. The summed E-state index contributed by atoms with van der Waals surface area (Å²) in [5.41, 5.74) is 2.26. The Morgan fingerprint density at radius 2 is 1.65 bits per heavy atom. The van der Waals surface area contributed by atoms with E-state index in [2.05, 4.69) is 14.8 Å². The van der Waals surface area contributed by atoms with E-state index in [1.54, 1.807) is 37.6 Å². The molecule has 4 rings (SSSR count). The van der Waals surface area contributed by atoms with E-state index in [1.807, 2.05) is 43.3 Å². The summed E-state index contributed by atoms with van der Waals surface area (Å²) in [5, 5.41) is 2.86. The first kappa shape index (κ1) is 36.3. The van der Waals surface area contributed by atoms with Crippen LogP contribution in [-0.4, -0.2) is 77.6 Å². The fourth-order valence-electron chi connectivity index (χ4n) is 5.57. The Bertz CT molecular complexity index is 1640. The molecule has 0 saturated heterocycles. The smallest absolute Gasteiger partial charge is 0.406 e. The summed E-state index contributed by atoms with van der Waals surface area (Å²) in [5.74, 6) is -3.46. The lowest BCUT2D eigenvalue weighted by Crippen LogP contribution is -2.48. The van der Waals surface area contributed by atoms with Gasteiger partial charge in [0.15, 0.2) is 0 Å². The van der Waals surface area contributed by atoms with Crippen molar-refractivity contribution in [2.75, 3.05) is 27.2 Å². The Hall–Kier alpha value is -4.53. The predicted molar refractivity (Wildman–Crippen MR) is 164 cm³/mol. The summed E-state index contributed by atoms with van der Waals surface area (Å²) in [7, 11) is 3.84. The Labute approximate surface area is 273 Å². The number of hydrogen-bond acceptors (Lipinski definition) is 6. The van der Waals surface area contributed by atoms with Gasteiger partial charge in [0, 0.05) is 42.5 Å². The zero-order chi connectivity index (χ0) is 35.6. The standard InChI is InChI=1S/C33H36F6N4O5/c1-31(2,3)43(30(46)47-29(45)32(34,35)36)15-7-9-23-17-40-28(44)27-26(21-13-11-20(12-14-21)18-41(4)5)25(19-42(23)27)22-8-6-10-24(16-22)48-33(37,38)39/h6,8,10-14,16,19,23H,7,9,15,17-18H2,1-5H3,(H,40,44)/t23-/m0/s1. The molecule has 48 heavy (non-hydrogen) atoms. The minimum Gasteiger partial charge on any atom is -0.406 e. The molecule has 1 aliphatic heterocycles. The van der Waals surface area contributed by atoms with Gasteiger partial charge in [0.25, 0.3) is 5.91 Å². The van der Waals surface area contributed by atoms with Crippen LogP contribution in [0.2, 0.25) is 0 Å². The summed E-state index contributed by atoms with van der Waals surface area (Å²) >= 11 is 0. The van der Waals surface area contributed by atoms with E-state index in [0.29, 0.717) is 35.2 Å². The highest BCUT2D eigenvalue weighted by Crippen LogP contribution is 2.41. The predicted octanol–water partition coefficient (Wildman–Crippen LogP) is 7.17. The minimum absolute atomic E-state index is 0.0710. The third-order valence-electron chi connectivity index (χ3n) is 7.62. The van der Waals surface area contributed by atoms with Crippen molar-refractivity contribution in [2.45, 2.75) is 64.3 Å². The first-order valence-corrected chi connectivity index (χ1v) is 15.0. The number of carbonyl (C=O) groups is 3. The molecule has 2 amide bonds. The van der Waals surface area contributed by atoms with Gasteiger partial charge in [-0.05, 0) is 76.5 Å². The van der Waals surface area contributed by atoms with E-state index in [-0.39, 0.29) is 25.2 Å². The van der Waals surface area contributed by atoms with Crippen molar-refractivity contribution in [3.05, 3.63) is 66.0 Å². The van der Waals surface area contributed by atoms with Gasteiger partial charge in [-0.2, -0.15) is 13.2 Å². The molecule has 0 spiro atoms. The minimum atomic E-state index is -5.34. The molecular weight excluding hydrogens is 646 g/mol. The second kappa shape index (κ2) is 13.9. The van der Waals surface area contributed by atoms with E-state index in [0.717, 1.165) is 10.5 Å². The van der Waals surface area contributed by atoms with Gasteiger partial charge in [0.2, 0.25) is 0 Å². The average molecular weight is 683 g/mol. The van der Waals surface area contributed by atoms with E-state index < -0.39 is 47.8 Å². The maximum Gasteiger partial charge on any atom is 0.573 e. The number of esters is 1. The van der Waals surface area contributed by atoms with Crippen LogP contribution in [0.4, 0.5) is 31.1 Å². The Morgan fingerprint density at radius 1 is 0.979 bits per heavy atom. The number of hydrogen-bond donors (Lipinski definition) is 1. The van der Waals surface area contributed by atoms with Crippen molar-refractivity contribution >= 4 is 18.0 Å². The number of benzene rings is 2. The van der Waals surface area contributed by atoms with Gasteiger partial charge in [-0.15, -0.1) is 13.2 Å². The van der Waals surface area contributed by atoms with Gasteiger partial charge < -0.3 is 29.2 Å².